The first-order valence-corrected chi connectivity index (χ1v) is 16.7. The van der Waals surface area contributed by atoms with Crippen LogP contribution in [0, 0.1) is 58.2 Å². The molecule has 0 spiro atoms. The van der Waals surface area contributed by atoms with Crippen molar-refractivity contribution in [3.05, 3.63) is 71.8 Å². The Labute approximate surface area is 240 Å². The van der Waals surface area contributed by atoms with Gasteiger partial charge in [-0.1, -0.05) is 115 Å². The van der Waals surface area contributed by atoms with Crippen molar-refractivity contribution in [3.8, 4) is 0 Å². The molecule has 0 N–H and O–H groups in total. The van der Waals surface area contributed by atoms with E-state index in [2.05, 4.69) is 102 Å². The molecule has 212 valence electrons. The number of hydrogen-bond acceptors (Lipinski definition) is 0. The molecule has 39 heavy (non-hydrogen) atoms. The summed E-state index contributed by atoms with van der Waals surface area (Å²) in [6.45, 7) is 15.2. The van der Waals surface area contributed by atoms with E-state index in [0.29, 0.717) is 10.8 Å². The summed E-state index contributed by atoms with van der Waals surface area (Å²) >= 11 is 0. The van der Waals surface area contributed by atoms with Crippen LogP contribution < -0.4 is 0 Å². The number of hydrogen-bond donors (Lipinski definition) is 0. The van der Waals surface area contributed by atoms with Crippen LogP contribution in [0.15, 0.2) is 60.7 Å². The second-order valence-electron chi connectivity index (χ2n) is 16.5. The van der Waals surface area contributed by atoms with Gasteiger partial charge in [0.15, 0.2) is 0 Å². The van der Waals surface area contributed by atoms with Crippen molar-refractivity contribution in [2.45, 2.75) is 111 Å². The van der Waals surface area contributed by atoms with E-state index in [1.165, 1.54) is 64.2 Å². The summed E-state index contributed by atoms with van der Waals surface area (Å²) in [7, 11) is 0. The largest absolute Gasteiger partial charge is 0.0622 e. The maximum atomic E-state index is 2.54. The third-order valence-corrected chi connectivity index (χ3v) is 12.9. The standard InChI is InChI=1S/C39H56/c1-37(2,3)30-21-23-32-33-24-22-31(38(4,5)6)26-35(33)36(34(32)25-30)39(29-19-13-14-20-29,27-15-9-7-10-16-27)28-17-11-8-12-18-28/h7-12,15-18,29-36H,13-14,19-26H2,1-6H3/t30?,31?,32-,33?,34-,35?,36?/m1/s1. The van der Waals surface area contributed by atoms with Crippen LogP contribution in [0.3, 0.4) is 0 Å². The van der Waals surface area contributed by atoms with Crippen LogP contribution >= 0.6 is 0 Å². The smallest absolute Gasteiger partial charge is 0.0264 e. The van der Waals surface area contributed by atoms with Crippen LogP contribution in [0.4, 0.5) is 0 Å². The minimum absolute atomic E-state index is 0.140. The summed E-state index contributed by atoms with van der Waals surface area (Å²) in [4.78, 5) is 0. The van der Waals surface area contributed by atoms with E-state index in [1.807, 2.05) is 0 Å². The summed E-state index contributed by atoms with van der Waals surface area (Å²) < 4.78 is 0. The van der Waals surface area contributed by atoms with Gasteiger partial charge < -0.3 is 0 Å². The number of fused-ring (bicyclic) bond motifs is 3. The van der Waals surface area contributed by atoms with Gasteiger partial charge in [0.05, 0.1) is 0 Å². The first-order valence-electron chi connectivity index (χ1n) is 16.7. The van der Waals surface area contributed by atoms with Crippen LogP contribution in [-0.2, 0) is 5.41 Å². The molecule has 2 aromatic rings. The van der Waals surface area contributed by atoms with Crippen LogP contribution in [-0.4, -0.2) is 0 Å². The van der Waals surface area contributed by atoms with Gasteiger partial charge in [0.1, 0.15) is 0 Å². The van der Waals surface area contributed by atoms with E-state index < -0.39 is 0 Å². The van der Waals surface area contributed by atoms with Crippen molar-refractivity contribution in [2.75, 3.05) is 0 Å². The highest BCUT2D eigenvalue weighted by Gasteiger charge is 2.63. The third kappa shape index (κ3) is 4.75. The molecule has 0 nitrogen and oxygen atoms in total. The minimum Gasteiger partial charge on any atom is -0.0622 e. The molecule has 0 heteroatoms. The van der Waals surface area contributed by atoms with Crippen molar-refractivity contribution in [1.29, 1.82) is 0 Å². The fraction of sp³-hybridized carbons (Fsp3) is 0.692. The van der Waals surface area contributed by atoms with E-state index in [4.69, 9.17) is 0 Å². The van der Waals surface area contributed by atoms with Crippen LogP contribution in [0.1, 0.15) is 117 Å². The Bertz CT molecular complexity index is 999. The van der Waals surface area contributed by atoms with Crippen molar-refractivity contribution in [1.82, 2.24) is 0 Å². The summed E-state index contributed by atoms with van der Waals surface area (Å²) in [5.74, 6) is 6.82. The maximum Gasteiger partial charge on any atom is 0.0264 e. The van der Waals surface area contributed by atoms with Gasteiger partial charge >= 0.3 is 0 Å². The third-order valence-electron chi connectivity index (χ3n) is 12.9. The van der Waals surface area contributed by atoms with E-state index in [1.54, 1.807) is 11.1 Å². The van der Waals surface area contributed by atoms with E-state index in [-0.39, 0.29) is 5.41 Å². The quantitative estimate of drug-likeness (QED) is 0.373. The summed E-state index contributed by atoms with van der Waals surface area (Å²) in [5, 5.41) is 0. The van der Waals surface area contributed by atoms with Gasteiger partial charge in [-0.3, -0.25) is 0 Å². The first kappa shape index (κ1) is 27.6. The molecule has 0 aromatic heterocycles. The lowest BCUT2D eigenvalue weighted by molar-refractivity contribution is 0.0428. The molecule has 7 atom stereocenters. The number of rotatable bonds is 4. The van der Waals surface area contributed by atoms with Crippen LogP contribution in [0.25, 0.3) is 0 Å². The normalized spacial score (nSPS) is 34.1. The fourth-order valence-electron chi connectivity index (χ4n) is 11.0. The summed E-state index contributed by atoms with van der Waals surface area (Å²) in [6.07, 6.45) is 14.4. The Kier molecular flexibility index (Phi) is 7.34. The van der Waals surface area contributed by atoms with E-state index >= 15 is 0 Å². The Hall–Kier alpha value is -1.56. The van der Waals surface area contributed by atoms with Crippen LogP contribution in [0.2, 0.25) is 0 Å². The Morgan fingerprint density at radius 1 is 0.462 bits per heavy atom. The van der Waals surface area contributed by atoms with Gasteiger partial charge in [0.25, 0.3) is 0 Å². The molecule has 4 aliphatic rings. The fourth-order valence-corrected chi connectivity index (χ4v) is 11.0. The maximum absolute atomic E-state index is 2.54. The van der Waals surface area contributed by atoms with E-state index in [0.717, 1.165) is 47.3 Å². The zero-order valence-corrected chi connectivity index (χ0v) is 26.0. The lowest BCUT2D eigenvalue weighted by Crippen LogP contribution is -2.49. The molecule has 6 rings (SSSR count). The highest BCUT2D eigenvalue weighted by molar-refractivity contribution is 5.43. The molecule has 0 bridgehead atoms. The molecule has 2 aromatic carbocycles. The van der Waals surface area contributed by atoms with Gasteiger partial charge in [0, 0.05) is 5.41 Å². The monoisotopic (exact) mass is 524 g/mol. The molecule has 4 fully saturated rings. The lowest BCUT2D eigenvalue weighted by atomic mass is 9.50. The van der Waals surface area contributed by atoms with Gasteiger partial charge in [-0.25, -0.2) is 0 Å². The zero-order chi connectivity index (χ0) is 27.4. The van der Waals surface area contributed by atoms with Crippen LogP contribution in [0.5, 0.6) is 0 Å². The Balaban J connectivity index is 1.57. The molecule has 0 aliphatic heterocycles. The Morgan fingerprint density at radius 2 is 0.872 bits per heavy atom. The highest BCUT2D eigenvalue weighted by atomic mass is 14.7. The van der Waals surface area contributed by atoms with Gasteiger partial charge in [-0.2, -0.15) is 0 Å². The zero-order valence-electron chi connectivity index (χ0n) is 26.0. The summed E-state index contributed by atoms with van der Waals surface area (Å²) in [6, 6.07) is 24.1. The molecule has 0 saturated heterocycles. The first-order chi connectivity index (χ1) is 18.6. The average Bonchev–Trinajstić information content (AvgIpc) is 3.57. The minimum atomic E-state index is 0.140. The molecule has 0 heterocycles. The van der Waals surface area contributed by atoms with E-state index in [9.17, 15) is 0 Å². The SMILES string of the molecule is CC(C)(C)C1CCC2C(C1)C(C(c1ccccc1)(c1ccccc1)C1CCCC1)[C@@H]1CC(C(C)(C)C)CC[C@H]21. The predicted octanol–water partition coefficient (Wildman–Crippen LogP) is 10.9. The molecule has 5 unspecified atom stereocenters. The molecule has 4 saturated carbocycles. The molecule has 0 radical (unpaired) electrons. The molecule has 0 amide bonds. The average molecular weight is 525 g/mol. The van der Waals surface area contributed by atoms with Gasteiger partial charge in [0.2, 0.25) is 0 Å². The predicted molar refractivity (Wildman–Crippen MR) is 167 cm³/mol. The van der Waals surface area contributed by atoms with Crippen molar-refractivity contribution in [2.24, 2.45) is 58.2 Å². The van der Waals surface area contributed by atoms with Crippen molar-refractivity contribution < 1.29 is 0 Å². The molecule has 4 aliphatic carbocycles. The second-order valence-corrected chi connectivity index (χ2v) is 16.5. The number of benzene rings is 2. The molecular weight excluding hydrogens is 468 g/mol. The Morgan fingerprint density at radius 3 is 1.26 bits per heavy atom. The highest BCUT2D eigenvalue weighted by Crippen LogP contribution is 2.69. The topological polar surface area (TPSA) is 0 Å². The second kappa shape index (κ2) is 10.4. The lowest BCUT2D eigenvalue weighted by Gasteiger charge is -2.53. The van der Waals surface area contributed by atoms with Gasteiger partial charge in [-0.15, -0.1) is 0 Å². The van der Waals surface area contributed by atoms with Crippen molar-refractivity contribution in [3.63, 3.8) is 0 Å². The summed E-state index contributed by atoms with van der Waals surface area (Å²) in [5.41, 5.74) is 4.24. The molecular formula is C39H56. The van der Waals surface area contributed by atoms with Gasteiger partial charge in [-0.05, 0) is 121 Å². The van der Waals surface area contributed by atoms with Crippen molar-refractivity contribution >= 4 is 0 Å².